The quantitative estimate of drug-likeness (QED) is 0.740. The highest BCUT2D eigenvalue weighted by molar-refractivity contribution is 5.80. The zero-order chi connectivity index (χ0) is 16.4. The van der Waals surface area contributed by atoms with Gasteiger partial charge in [0.15, 0.2) is 0 Å². The van der Waals surface area contributed by atoms with Gasteiger partial charge in [-0.05, 0) is 30.0 Å². The van der Waals surface area contributed by atoms with E-state index >= 15 is 0 Å². The van der Waals surface area contributed by atoms with Gasteiger partial charge in [-0.25, -0.2) is 4.98 Å². The van der Waals surface area contributed by atoms with E-state index in [0.29, 0.717) is 5.92 Å². The van der Waals surface area contributed by atoms with Crippen LogP contribution < -0.4 is 0 Å². The summed E-state index contributed by atoms with van der Waals surface area (Å²) in [4.78, 5) is 6.91. The zero-order valence-electron chi connectivity index (χ0n) is 14.0. The highest BCUT2D eigenvalue weighted by Gasteiger charge is 2.21. The van der Waals surface area contributed by atoms with Gasteiger partial charge in [0.25, 0.3) is 0 Å². The SMILES string of the molecule is Cn1ccnc1CN1CCOC[C@H](Cc2cccc3occc23)C1. The molecular weight excluding hydrogens is 302 g/mol. The maximum atomic E-state index is 5.86. The minimum Gasteiger partial charge on any atom is -0.464 e. The first-order chi connectivity index (χ1) is 11.8. The van der Waals surface area contributed by atoms with Gasteiger partial charge in [0.2, 0.25) is 0 Å². The maximum Gasteiger partial charge on any atom is 0.134 e. The van der Waals surface area contributed by atoms with Gasteiger partial charge in [-0.3, -0.25) is 4.90 Å². The number of furan rings is 1. The standard InChI is InChI=1S/C19H23N3O2/c1-21-7-6-20-19(21)13-22-8-10-23-14-15(12-22)11-16-3-2-4-18-17(16)5-9-24-18/h2-7,9,15H,8,10-14H2,1H3/t15-/m1/s1. The van der Waals surface area contributed by atoms with Crippen molar-refractivity contribution in [2.45, 2.75) is 13.0 Å². The van der Waals surface area contributed by atoms with E-state index in [-0.39, 0.29) is 0 Å². The van der Waals surface area contributed by atoms with E-state index in [0.717, 1.165) is 50.7 Å². The summed E-state index contributed by atoms with van der Waals surface area (Å²) >= 11 is 0. The van der Waals surface area contributed by atoms with Gasteiger partial charge in [-0.2, -0.15) is 0 Å². The van der Waals surface area contributed by atoms with Crippen LogP contribution in [0.3, 0.4) is 0 Å². The zero-order valence-corrected chi connectivity index (χ0v) is 14.0. The average Bonchev–Trinajstić information content (AvgIpc) is 3.15. The van der Waals surface area contributed by atoms with Gasteiger partial charge in [-0.1, -0.05) is 12.1 Å². The number of imidazole rings is 1. The summed E-state index contributed by atoms with van der Waals surface area (Å²) in [6.07, 6.45) is 6.64. The Hall–Kier alpha value is -2.11. The molecule has 1 aliphatic heterocycles. The lowest BCUT2D eigenvalue weighted by Crippen LogP contribution is -2.31. The van der Waals surface area contributed by atoms with Crippen LogP contribution in [-0.2, 0) is 24.8 Å². The number of aryl methyl sites for hydroxylation is 1. The molecule has 5 heteroatoms. The van der Waals surface area contributed by atoms with Gasteiger partial charge < -0.3 is 13.7 Å². The van der Waals surface area contributed by atoms with Crippen LogP contribution in [0.5, 0.6) is 0 Å². The van der Waals surface area contributed by atoms with Crippen LogP contribution in [0.15, 0.2) is 47.3 Å². The lowest BCUT2D eigenvalue weighted by atomic mass is 9.97. The Morgan fingerprint density at radius 2 is 2.25 bits per heavy atom. The Morgan fingerprint density at radius 1 is 1.29 bits per heavy atom. The van der Waals surface area contributed by atoms with Crippen molar-refractivity contribution >= 4 is 11.0 Å². The van der Waals surface area contributed by atoms with Gasteiger partial charge in [-0.15, -0.1) is 0 Å². The van der Waals surface area contributed by atoms with Crippen molar-refractivity contribution in [3.63, 3.8) is 0 Å². The molecule has 3 heterocycles. The first-order valence-electron chi connectivity index (χ1n) is 8.51. The molecule has 0 N–H and O–H groups in total. The number of rotatable bonds is 4. The molecule has 24 heavy (non-hydrogen) atoms. The molecule has 1 aliphatic rings. The molecule has 1 atom stereocenters. The van der Waals surface area contributed by atoms with Gasteiger partial charge in [0.1, 0.15) is 11.4 Å². The normalized spacial score (nSPS) is 19.6. The molecule has 1 fully saturated rings. The number of nitrogens with zero attached hydrogens (tertiary/aromatic N) is 3. The third-order valence-electron chi connectivity index (χ3n) is 4.80. The molecule has 0 aliphatic carbocycles. The minimum atomic E-state index is 0.480. The second-order valence-corrected chi connectivity index (χ2v) is 6.58. The van der Waals surface area contributed by atoms with Crippen molar-refractivity contribution in [2.75, 3.05) is 26.3 Å². The van der Waals surface area contributed by atoms with Crippen LogP contribution in [0, 0.1) is 5.92 Å². The summed E-state index contributed by atoms with van der Waals surface area (Å²) in [7, 11) is 2.05. The summed E-state index contributed by atoms with van der Waals surface area (Å²) in [5.41, 5.74) is 2.31. The number of hydrogen-bond donors (Lipinski definition) is 0. The molecule has 0 radical (unpaired) electrons. The summed E-state index contributed by atoms with van der Waals surface area (Å²) in [5, 5.41) is 1.22. The largest absolute Gasteiger partial charge is 0.464 e. The summed E-state index contributed by atoms with van der Waals surface area (Å²) in [6, 6.07) is 8.36. The first kappa shape index (κ1) is 15.4. The molecule has 1 aromatic carbocycles. The average molecular weight is 325 g/mol. The predicted octanol–water partition coefficient (Wildman–Crippen LogP) is 2.86. The van der Waals surface area contributed by atoms with Crippen molar-refractivity contribution in [2.24, 2.45) is 13.0 Å². The number of fused-ring (bicyclic) bond motifs is 1. The fraction of sp³-hybridized carbons (Fsp3) is 0.421. The molecule has 5 nitrogen and oxygen atoms in total. The molecule has 0 bridgehead atoms. The lowest BCUT2D eigenvalue weighted by Gasteiger charge is -2.23. The van der Waals surface area contributed by atoms with Crippen molar-refractivity contribution in [1.82, 2.24) is 14.5 Å². The van der Waals surface area contributed by atoms with E-state index < -0.39 is 0 Å². The molecule has 0 amide bonds. The minimum absolute atomic E-state index is 0.480. The number of ether oxygens (including phenoxy) is 1. The molecule has 2 aromatic heterocycles. The lowest BCUT2D eigenvalue weighted by molar-refractivity contribution is 0.121. The van der Waals surface area contributed by atoms with Gasteiger partial charge >= 0.3 is 0 Å². The van der Waals surface area contributed by atoms with Crippen LogP contribution in [0.1, 0.15) is 11.4 Å². The molecular formula is C19H23N3O2. The number of hydrogen-bond acceptors (Lipinski definition) is 4. The maximum absolute atomic E-state index is 5.86. The van der Waals surface area contributed by atoms with Crippen molar-refractivity contribution in [3.05, 3.63) is 54.3 Å². The molecule has 4 rings (SSSR count). The van der Waals surface area contributed by atoms with E-state index in [4.69, 9.17) is 9.15 Å². The number of benzene rings is 1. The summed E-state index contributed by atoms with van der Waals surface area (Å²) in [6.45, 7) is 4.46. The smallest absolute Gasteiger partial charge is 0.134 e. The van der Waals surface area contributed by atoms with Crippen LogP contribution in [-0.4, -0.2) is 40.8 Å². The molecule has 126 valence electrons. The highest BCUT2D eigenvalue weighted by atomic mass is 16.5. The summed E-state index contributed by atoms with van der Waals surface area (Å²) < 4.78 is 13.5. The fourth-order valence-electron chi connectivity index (χ4n) is 3.51. The Labute approximate surface area is 141 Å². The molecule has 3 aromatic rings. The Kier molecular flexibility index (Phi) is 4.36. The number of aromatic nitrogens is 2. The molecule has 0 unspecified atom stereocenters. The van der Waals surface area contributed by atoms with Crippen LogP contribution in [0.4, 0.5) is 0 Å². The fourth-order valence-corrected chi connectivity index (χ4v) is 3.51. The molecule has 0 spiro atoms. The van der Waals surface area contributed by atoms with E-state index in [1.165, 1.54) is 10.9 Å². The van der Waals surface area contributed by atoms with Crippen molar-refractivity contribution in [3.8, 4) is 0 Å². The van der Waals surface area contributed by atoms with E-state index in [2.05, 4.69) is 32.7 Å². The predicted molar refractivity (Wildman–Crippen MR) is 92.7 cm³/mol. The third kappa shape index (κ3) is 3.23. The topological polar surface area (TPSA) is 43.4 Å². The van der Waals surface area contributed by atoms with Gasteiger partial charge in [0, 0.05) is 37.9 Å². The van der Waals surface area contributed by atoms with Crippen LogP contribution in [0.2, 0.25) is 0 Å². The Bertz CT molecular complexity index is 808. The van der Waals surface area contributed by atoms with E-state index in [1.807, 2.05) is 25.5 Å². The van der Waals surface area contributed by atoms with Crippen molar-refractivity contribution < 1.29 is 9.15 Å². The molecule has 0 saturated carbocycles. The monoisotopic (exact) mass is 325 g/mol. The van der Waals surface area contributed by atoms with Gasteiger partial charge in [0.05, 0.1) is 26.0 Å². The Balaban J connectivity index is 1.48. The second-order valence-electron chi connectivity index (χ2n) is 6.58. The van der Waals surface area contributed by atoms with E-state index in [9.17, 15) is 0 Å². The van der Waals surface area contributed by atoms with Crippen molar-refractivity contribution in [1.29, 1.82) is 0 Å². The highest BCUT2D eigenvalue weighted by Crippen LogP contribution is 2.23. The summed E-state index contributed by atoms with van der Waals surface area (Å²) in [5.74, 6) is 1.58. The first-order valence-corrected chi connectivity index (χ1v) is 8.51. The molecule has 1 saturated heterocycles. The Morgan fingerprint density at radius 3 is 3.12 bits per heavy atom. The van der Waals surface area contributed by atoms with Crippen LogP contribution in [0.25, 0.3) is 11.0 Å². The van der Waals surface area contributed by atoms with E-state index in [1.54, 1.807) is 6.26 Å². The second kappa shape index (κ2) is 6.79. The van der Waals surface area contributed by atoms with Crippen LogP contribution >= 0.6 is 0 Å². The third-order valence-corrected chi connectivity index (χ3v) is 4.80.